The van der Waals surface area contributed by atoms with Gasteiger partial charge in [0.25, 0.3) is 0 Å². The quantitative estimate of drug-likeness (QED) is 0.744. The molecule has 2 rings (SSSR count). The van der Waals surface area contributed by atoms with Crippen LogP contribution < -0.4 is 5.32 Å². The van der Waals surface area contributed by atoms with Gasteiger partial charge in [0.15, 0.2) is 0 Å². The molecule has 0 aromatic rings. The van der Waals surface area contributed by atoms with Crippen LogP contribution in [-0.2, 0) is 4.74 Å². The van der Waals surface area contributed by atoms with Gasteiger partial charge in [-0.15, -0.1) is 0 Å². The van der Waals surface area contributed by atoms with Crippen molar-refractivity contribution in [2.45, 2.75) is 70.9 Å². The molecule has 0 spiro atoms. The first kappa shape index (κ1) is 17.2. The fourth-order valence-electron chi connectivity index (χ4n) is 4.03. The average molecular weight is 296 g/mol. The molecule has 1 saturated carbocycles. The van der Waals surface area contributed by atoms with Gasteiger partial charge >= 0.3 is 0 Å². The monoisotopic (exact) mass is 296 g/mol. The maximum Gasteiger partial charge on any atom is 0.0510 e. The number of hydrogen-bond acceptors (Lipinski definition) is 3. The van der Waals surface area contributed by atoms with Gasteiger partial charge in [0.2, 0.25) is 0 Å². The minimum absolute atomic E-state index is 0.612. The molecule has 1 aliphatic heterocycles. The van der Waals surface area contributed by atoms with E-state index in [1.54, 1.807) is 0 Å². The van der Waals surface area contributed by atoms with E-state index in [4.69, 9.17) is 4.74 Å². The first-order valence-corrected chi connectivity index (χ1v) is 9.25. The number of nitrogens with one attached hydrogen (secondary N) is 1. The molecule has 3 nitrogen and oxygen atoms in total. The van der Waals surface area contributed by atoms with Crippen LogP contribution in [0.15, 0.2) is 0 Å². The molecule has 0 radical (unpaired) electrons. The summed E-state index contributed by atoms with van der Waals surface area (Å²) in [5, 5.41) is 3.78. The minimum Gasteiger partial charge on any atom is -0.381 e. The lowest BCUT2D eigenvalue weighted by Gasteiger charge is -2.37. The highest BCUT2D eigenvalue weighted by Crippen LogP contribution is 2.29. The summed E-state index contributed by atoms with van der Waals surface area (Å²) in [5.41, 5.74) is 0. The third kappa shape index (κ3) is 5.22. The molecule has 1 N–H and O–H groups in total. The van der Waals surface area contributed by atoms with Crippen LogP contribution in [0.4, 0.5) is 0 Å². The predicted octanol–water partition coefficient (Wildman–Crippen LogP) is 3.29. The smallest absolute Gasteiger partial charge is 0.0510 e. The largest absolute Gasteiger partial charge is 0.381 e. The zero-order chi connectivity index (χ0) is 15.1. The first-order chi connectivity index (χ1) is 10.2. The normalized spacial score (nSPS) is 31.7. The molecule has 1 heterocycles. The molecule has 1 aliphatic carbocycles. The van der Waals surface area contributed by atoms with Gasteiger partial charge < -0.3 is 15.0 Å². The van der Waals surface area contributed by atoms with Crippen molar-refractivity contribution in [3.05, 3.63) is 0 Å². The Morgan fingerprint density at radius 1 is 1.14 bits per heavy atom. The van der Waals surface area contributed by atoms with E-state index < -0.39 is 0 Å². The zero-order valence-electron chi connectivity index (χ0n) is 14.4. The highest BCUT2D eigenvalue weighted by Gasteiger charge is 2.29. The topological polar surface area (TPSA) is 24.5 Å². The molecule has 1 saturated heterocycles. The lowest BCUT2D eigenvalue weighted by atomic mass is 9.84. The minimum atomic E-state index is 0.612. The van der Waals surface area contributed by atoms with Crippen molar-refractivity contribution in [3.63, 3.8) is 0 Å². The molecule has 0 aromatic carbocycles. The van der Waals surface area contributed by atoms with Crippen molar-refractivity contribution >= 4 is 0 Å². The van der Waals surface area contributed by atoms with Crippen molar-refractivity contribution in [3.8, 4) is 0 Å². The summed E-state index contributed by atoms with van der Waals surface area (Å²) in [6.45, 7) is 8.84. The molecular formula is C18H36N2O. The molecule has 2 aliphatic rings. The SMILES string of the molecule is CCCNC(CN(C)C1CCC(CC)CC1)C1CCOC1. The Labute approximate surface area is 131 Å². The van der Waals surface area contributed by atoms with Crippen LogP contribution in [-0.4, -0.2) is 50.3 Å². The first-order valence-electron chi connectivity index (χ1n) is 9.25. The molecule has 2 unspecified atom stereocenters. The average Bonchev–Trinajstić information content (AvgIpc) is 3.05. The summed E-state index contributed by atoms with van der Waals surface area (Å²) in [4.78, 5) is 2.64. The zero-order valence-corrected chi connectivity index (χ0v) is 14.4. The highest BCUT2D eigenvalue weighted by atomic mass is 16.5. The van der Waals surface area contributed by atoms with Gasteiger partial charge in [0.05, 0.1) is 6.61 Å². The second-order valence-electron chi connectivity index (χ2n) is 7.21. The Bertz CT molecular complexity index is 270. The maximum atomic E-state index is 5.62. The van der Waals surface area contributed by atoms with E-state index in [1.807, 2.05) is 0 Å². The van der Waals surface area contributed by atoms with Gasteiger partial charge in [-0.05, 0) is 58.0 Å². The lowest BCUT2D eigenvalue weighted by Crippen LogP contribution is -2.48. The van der Waals surface area contributed by atoms with Gasteiger partial charge in [-0.1, -0.05) is 20.3 Å². The predicted molar refractivity (Wildman–Crippen MR) is 89.7 cm³/mol. The van der Waals surface area contributed by atoms with Crippen LogP contribution >= 0.6 is 0 Å². The van der Waals surface area contributed by atoms with Crippen molar-refractivity contribution in [1.29, 1.82) is 0 Å². The fraction of sp³-hybridized carbons (Fsp3) is 1.00. The number of hydrogen-bond donors (Lipinski definition) is 1. The second kappa shape index (κ2) is 9.12. The number of nitrogens with zero attached hydrogens (tertiary/aromatic N) is 1. The van der Waals surface area contributed by atoms with E-state index in [-0.39, 0.29) is 0 Å². The van der Waals surface area contributed by atoms with Crippen molar-refractivity contribution in [1.82, 2.24) is 10.2 Å². The number of likely N-dealkylation sites (N-methyl/N-ethyl adjacent to an activating group) is 1. The third-order valence-electron chi connectivity index (χ3n) is 5.69. The highest BCUT2D eigenvalue weighted by molar-refractivity contribution is 4.85. The molecule has 2 fully saturated rings. The Balaban J connectivity index is 1.80. The molecule has 0 bridgehead atoms. The van der Waals surface area contributed by atoms with E-state index in [9.17, 15) is 0 Å². The Morgan fingerprint density at radius 2 is 1.90 bits per heavy atom. The molecular weight excluding hydrogens is 260 g/mol. The lowest BCUT2D eigenvalue weighted by molar-refractivity contribution is 0.128. The molecule has 0 aromatic heterocycles. The third-order valence-corrected chi connectivity index (χ3v) is 5.69. The standard InChI is InChI=1S/C18H36N2O/c1-4-11-19-18(16-10-12-21-14-16)13-20(3)17-8-6-15(5-2)7-9-17/h15-19H,4-14H2,1-3H3. The van der Waals surface area contributed by atoms with Crippen LogP contribution in [0.25, 0.3) is 0 Å². The van der Waals surface area contributed by atoms with Crippen LogP contribution in [0.2, 0.25) is 0 Å². The van der Waals surface area contributed by atoms with E-state index >= 15 is 0 Å². The Morgan fingerprint density at radius 3 is 2.48 bits per heavy atom. The van der Waals surface area contributed by atoms with Crippen LogP contribution in [0.1, 0.15) is 58.8 Å². The van der Waals surface area contributed by atoms with E-state index in [0.717, 1.165) is 31.7 Å². The van der Waals surface area contributed by atoms with E-state index in [0.29, 0.717) is 12.0 Å². The molecule has 3 heteroatoms. The van der Waals surface area contributed by atoms with Crippen LogP contribution in [0.5, 0.6) is 0 Å². The summed E-state index contributed by atoms with van der Waals surface area (Å²) < 4.78 is 5.62. The van der Waals surface area contributed by atoms with E-state index in [2.05, 4.69) is 31.1 Å². The maximum absolute atomic E-state index is 5.62. The second-order valence-corrected chi connectivity index (χ2v) is 7.21. The molecule has 21 heavy (non-hydrogen) atoms. The van der Waals surface area contributed by atoms with E-state index in [1.165, 1.54) is 51.5 Å². The summed E-state index contributed by atoms with van der Waals surface area (Å²) in [5.74, 6) is 1.71. The van der Waals surface area contributed by atoms with Gasteiger partial charge in [-0.3, -0.25) is 0 Å². The van der Waals surface area contributed by atoms with Gasteiger partial charge in [-0.2, -0.15) is 0 Å². The van der Waals surface area contributed by atoms with Gasteiger partial charge in [0.1, 0.15) is 0 Å². The van der Waals surface area contributed by atoms with Crippen LogP contribution in [0, 0.1) is 11.8 Å². The van der Waals surface area contributed by atoms with Gasteiger partial charge in [-0.25, -0.2) is 0 Å². The van der Waals surface area contributed by atoms with Crippen molar-refractivity contribution in [2.75, 3.05) is 33.4 Å². The number of ether oxygens (including phenoxy) is 1. The summed E-state index contributed by atoms with van der Waals surface area (Å²) in [6.07, 6.45) is 9.49. The summed E-state index contributed by atoms with van der Waals surface area (Å²) in [6, 6.07) is 1.42. The van der Waals surface area contributed by atoms with Gasteiger partial charge in [0, 0.05) is 31.2 Å². The molecule has 124 valence electrons. The Kier molecular flexibility index (Phi) is 7.48. The summed E-state index contributed by atoms with van der Waals surface area (Å²) in [7, 11) is 2.34. The number of rotatable bonds is 8. The summed E-state index contributed by atoms with van der Waals surface area (Å²) >= 11 is 0. The fourth-order valence-corrected chi connectivity index (χ4v) is 4.03. The molecule has 0 amide bonds. The van der Waals surface area contributed by atoms with Crippen molar-refractivity contribution in [2.24, 2.45) is 11.8 Å². The van der Waals surface area contributed by atoms with Crippen molar-refractivity contribution < 1.29 is 4.74 Å². The molecule has 2 atom stereocenters. The Hall–Kier alpha value is -0.120. The van der Waals surface area contributed by atoms with Crippen LogP contribution in [0.3, 0.4) is 0 Å².